The van der Waals surface area contributed by atoms with E-state index in [4.69, 9.17) is 4.74 Å². The van der Waals surface area contributed by atoms with E-state index >= 15 is 0 Å². The maximum absolute atomic E-state index is 11.8. The summed E-state index contributed by atoms with van der Waals surface area (Å²) in [5, 5.41) is 2.91. The van der Waals surface area contributed by atoms with Gasteiger partial charge >= 0.3 is 0 Å². The van der Waals surface area contributed by atoms with E-state index in [0.29, 0.717) is 12.5 Å². The topological polar surface area (TPSA) is 41.6 Å². The third-order valence-electron chi connectivity index (χ3n) is 3.35. The Morgan fingerprint density at radius 2 is 2.25 bits per heavy atom. The monoisotopic (exact) mass is 228 g/mol. The molecule has 0 spiro atoms. The number of rotatable bonds is 5. The molecule has 0 saturated carbocycles. The molecule has 4 heteroatoms. The van der Waals surface area contributed by atoms with Gasteiger partial charge in [0.15, 0.2) is 0 Å². The number of nitrogens with zero attached hydrogens (tertiary/aromatic N) is 1. The van der Waals surface area contributed by atoms with Gasteiger partial charge in [-0.25, -0.2) is 0 Å². The summed E-state index contributed by atoms with van der Waals surface area (Å²) in [6.07, 6.45) is 0. The zero-order chi connectivity index (χ0) is 12.2. The zero-order valence-electron chi connectivity index (χ0n) is 10.9. The number of nitrogens with one attached hydrogen (secondary N) is 1. The van der Waals surface area contributed by atoms with Crippen molar-refractivity contribution in [3.63, 3.8) is 0 Å². The lowest BCUT2D eigenvalue weighted by Crippen LogP contribution is -2.36. The van der Waals surface area contributed by atoms with E-state index in [1.165, 1.54) is 0 Å². The van der Waals surface area contributed by atoms with Crippen LogP contribution in [0.4, 0.5) is 0 Å². The molecule has 1 heterocycles. The number of likely N-dealkylation sites (N-methyl/N-ethyl adjacent to an activating group) is 1. The Balaban J connectivity index is 2.53. The predicted molar refractivity (Wildman–Crippen MR) is 64.3 cm³/mol. The van der Waals surface area contributed by atoms with Gasteiger partial charge in [0.25, 0.3) is 0 Å². The van der Waals surface area contributed by atoms with Crippen LogP contribution in [0, 0.1) is 11.3 Å². The lowest BCUT2D eigenvalue weighted by atomic mass is 9.83. The third-order valence-corrected chi connectivity index (χ3v) is 3.35. The minimum absolute atomic E-state index is 0.165. The molecule has 0 bridgehead atoms. The van der Waals surface area contributed by atoms with Gasteiger partial charge in [-0.3, -0.25) is 4.79 Å². The molecule has 1 rings (SSSR count). The number of hydrogen-bond donors (Lipinski definition) is 1. The summed E-state index contributed by atoms with van der Waals surface area (Å²) in [7, 11) is 1.80. The quantitative estimate of drug-likeness (QED) is 0.754. The second kappa shape index (κ2) is 5.64. The van der Waals surface area contributed by atoms with E-state index in [-0.39, 0.29) is 11.3 Å². The van der Waals surface area contributed by atoms with Crippen molar-refractivity contribution in [3.8, 4) is 0 Å². The number of amides is 1. The molecule has 0 aromatic heterocycles. The van der Waals surface area contributed by atoms with E-state index < -0.39 is 0 Å². The number of hydrogen-bond acceptors (Lipinski definition) is 3. The van der Waals surface area contributed by atoms with Crippen molar-refractivity contribution >= 4 is 5.91 Å². The molecule has 1 fully saturated rings. The Kier molecular flexibility index (Phi) is 4.74. The molecule has 94 valence electrons. The van der Waals surface area contributed by atoms with Crippen molar-refractivity contribution in [3.05, 3.63) is 0 Å². The SMILES string of the molecule is CCOC[C@H]1CN(C(=O)CNC)CC1(C)C. The fraction of sp³-hybridized carbons (Fsp3) is 0.917. The zero-order valence-corrected chi connectivity index (χ0v) is 10.9. The molecule has 0 aliphatic carbocycles. The number of likely N-dealkylation sites (tertiary alicyclic amines) is 1. The Hall–Kier alpha value is -0.610. The molecule has 0 aromatic carbocycles. The van der Waals surface area contributed by atoms with Crippen LogP contribution in [0.3, 0.4) is 0 Å². The Bertz CT molecular complexity index is 241. The smallest absolute Gasteiger partial charge is 0.236 e. The molecule has 1 aliphatic rings. The van der Waals surface area contributed by atoms with Crippen LogP contribution in [-0.2, 0) is 9.53 Å². The first-order valence-electron chi connectivity index (χ1n) is 6.01. The molecule has 0 unspecified atom stereocenters. The molecular weight excluding hydrogens is 204 g/mol. The van der Waals surface area contributed by atoms with Crippen molar-refractivity contribution in [1.82, 2.24) is 10.2 Å². The molecule has 1 saturated heterocycles. The van der Waals surface area contributed by atoms with E-state index in [1.807, 2.05) is 11.8 Å². The largest absolute Gasteiger partial charge is 0.381 e. The summed E-state index contributed by atoms with van der Waals surface area (Å²) in [4.78, 5) is 13.7. The molecule has 1 atom stereocenters. The first kappa shape index (κ1) is 13.5. The minimum Gasteiger partial charge on any atom is -0.381 e. The normalized spacial score (nSPS) is 23.8. The molecule has 1 amide bonds. The summed E-state index contributed by atoms with van der Waals surface area (Å²) in [5.41, 5.74) is 0.165. The second-order valence-corrected chi connectivity index (χ2v) is 5.15. The molecule has 0 radical (unpaired) electrons. The summed E-state index contributed by atoms with van der Waals surface area (Å²) in [6, 6.07) is 0. The van der Waals surface area contributed by atoms with E-state index in [0.717, 1.165) is 26.3 Å². The van der Waals surface area contributed by atoms with Crippen molar-refractivity contribution in [1.29, 1.82) is 0 Å². The van der Waals surface area contributed by atoms with Crippen LogP contribution in [0.1, 0.15) is 20.8 Å². The van der Waals surface area contributed by atoms with Crippen molar-refractivity contribution < 1.29 is 9.53 Å². The lowest BCUT2D eigenvalue weighted by molar-refractivity contribution is -0.129. The van der Waals surface area contributed by atoms with Gasteiger partial charge in [0.05, 0.1) is 13.2 Å². The molecular formula is C12H24N2O2. The third kappa shape index (κ3) is 3.19. The van der Waals surface area contributed by atoms with Crippen LogP contribution in [0.5, 0.6) is 0 Å². The van der Waals surface area contributed by atoms with Gasteiger partial charge in [-0.15, -0.1) is 0 Å². The second-order valence-electron chi connectivity index (χ2n) is 5.15. The van der Waals surface area contributed by atoms with E-state index in [1.54, 1.807) is 7.05 Å². The van der Waals surface area contributed by atoms with E-state index in [9.17, 15) is 4.79 Å². The fourth-order valence-corrected chi connectivity index (χ4v) is 2.19. The summed E-state index contributed by atoms with van der Waals surface area (Å²) < 4.78 is 5.49. The standard InChI is InChI=1S/C12H24N2O2/c1-5-16-8-10-7-14(9-12(10,2)3)11(15)6-13-4/h10,13H,5-9H2,1-4H3/t10-/m1/s1. The number of carbonyl (C=O) groups is 1. The van der Waals surface area contributed by atoms with Gasteiger partial charge in [-0.05, 0) is 19.4 Å². The minimum atomic E-state index is 0.165. The van der Waals surface area contributed by atoms with Crippen molar-refractivity contribution in [2.24, 2.45) is 11.3 Å². The van der Waals surface area contributed by atoms with Gasteiger partial charge in [0.2, 0.25) is 5.91 Å². The first-order chi connectivity index (χ1) is 7.51. The lowest BCUT2D eigenvalue weighted by Gasteiger charge is -2.24. The van der Waals surface area contributed by atoms with Crippen LogP contribution in [0.25, 0.3) is 0 Å². The molecule has 1 aliphatic heterocycles. The highest BCUT2D eigenvalue weighted by Crippen LogP contribution is 2.35. The molecule has 4 nitrogen and oxygen atoms in total. The maximum Gasteiger partial charge on any atom is 0.236 e. The van der Waals surface area contributed by atoms with E-state index in [2.05, 4.69) is 19.2 Å². The summed E-state index contributed by atoms with van der Waals surface area (Å²) >= 11 is 0. The average Bonchev–Trinajstić information content (AvgIpc) is 2.51. The number of carbonyl (C=O) groups excluding carboxylic acids is 1. The van der Waals surface area contributed by atoms with Gasteiger partial charge in [-0.1, -0.05) is 13.8 Å². The molecule has 1 N–H and O–H groups in total. The Morgan fingerprint density at radius 3 is 2.81 bits per heavy atom. The highest BCUT2D eigenvalue weighted by molar-refractivity contribution is 5.78. The van der Waals surface area contributed by atoms with Crippen LogP contribution < -0.4 is 5.32 Å². The Morgan fingerprint density at radius 1 is 1.56 bits per heavy atom. The fourth-order valence-electron chi connectivity index (χ4n) is 2.19. The molecule has 16 heavy (non-hydrogen) atoms. The van der Waals surface area contributed by atoms with Crippen LogP contribution in [-0.4, -0.2) is 50.7 Å². The Labute approximate surface area is 98.3 Å². The summed E-state index contributed by atoms with van der Waals surface area (Å²) in [6.45, 7) is 10.0. The average molecular weight is 228 g/mol. The highest BCUT2D eigenvalue weighted by Gasteiger charge is 2.40. The van der Waals surface area contributed by atoms with Crippen LogP contribution >= 0.6 is 0 Å². The van der Waals surface area contributed by atoms with Gasteiger partial charge in [-0.2, -0.15) is 0 Å². The van der Waals surface area contributed by atoms with Crippen LogP contribution in [0.15, 0.2) is 0 Å². The van der Waals surface area contributed by atoms with Crippen LogP contribution in [0.2, 0.25) is 0 Å². The van der Waals surface area contributed by atoms with Gasteiger partial charge < -0.3 is 15.0 Å². The summed E-state index contributed by atoms with van der Waals surface area (Å²) in [5.74, 6) is 0.642. The number of ether oxygens (including phenoxy) is 1. The van der Waals surface area contributed by atoms with Gasteiger partial charge in [0.1, 0.15) is 0 Å². The van der Waals surface area contributed by atoms with Gasteiger partial charge in [0, 0.05) is 25.6 Å². The van der Waals surface area contributed by atoms with Crippen molar-refractivity contribution in [2.45, 2.75) is 20.8 Å². The maximum atomic E-state index is 11.8. The molecule has 0 aromatic rings. The highest BCUT2D eigenvalue weighted by atomic mass is 16.5. The predicted octanol–water partition coefficient (Wildman–Crippen LogP) is 0.727. The first-order valence-corrected chi connectivity index (χ1v) is 6.01. The van der Waals surface area contributed by atoms with Crippen molar-refractivity contribution in [2.75, 3.05) is 39.9 Å².